The van der Waals surface area contributed by atoms with Crippen molar-refractivity contribution in [2.45, 2.75) is 25.9 Å². The van der Waals surface area contributed by atoms with E-state index < -0.39 is 24.0 Å². The van der Waals surface area contributed by atoms with E-state index in [4.69, 9.17) is 23.7 Å². The average molecular weight is 442 g/mol. The largest absolute Gasteiger partial charge is 0.504 e. The zero-order chi connectivity index (χ0) is 23.3. The van der Waals surface area contributed by atoms with Crippen LogP contribution in [0.4, 0.5) is 0 Å². The first kappa shape index (κ1) is 23.0. The van der Waals surface area contributed by atoms with Crippen molar-refractivity contribution in [3.8, 4) is 23.0 Å². The van der Waals surface area contributed by atoms with Crippen LogP contribution in [0.15, 0.2) is 36.4 Å². The zero-order valence-electron chi connectivity index (χ0n) is 18.4. The summed E-state index contributed by atoms with van der Waals surface area (Å²) < 4.78 is 27.1. The number of methoxy groups -OCH3 is 2. The molecule has 32 heavy (non-hydrogen) atoms. The summed E-state index contributed by atoms with van der Waals surface area (Å²) in [5.74, 6) is -0.664. The van der Waals surface area contributed by atoms with Crippen LogP contribution in [0.1, 0.15) is 42.6 Å². The summed E-state index contributed by atoms with van der Waals surface area (Å²) in [7, 11) is 2.94. The number of benzene rings is 2. The number of hydrogen-bond donors (Lipinski definition) is 1. The molecule has 2 unspecified atom stereocenters. The van der Waals surface area contributed by atoms with Crippen molar-refractivity contribution in [1.82, 2.24) is 0 Å². The molecule has 0 radical (unpaired) electrons. The molecule has 0 spiro atoms. The van der Waals surface area contributed by atoms with Crippen LogP contribution in [-0.4, -0.2) is 44.5 Å². The molecule has 8 nitrogen and oxygen atoms in total. The van der Waals surface area contributed by atoms with Gasteiger partial charge in [-0.3, -0.25) is 4.79 Å². The van der Waals surface area contributed by atoms with Gasteiger partial charge in [0.1, 0.15) is 12.0 Å². The second kappa shape index (κ2) is 10.1. The summed E-state index contributed by atoms with van der Waals surface area (Å²) in [6.45, 7) is 3.93. The number of esters is 2. The Morgan fingerprint density at radius 3 is 2.41 bits per heavy atom. The fourth-order valence-electron chi connectivity index (χ4n) is 3.58. The Hall–Kier alpha value is -3.68. The van der Waals surface area contributed by atoms with Gasteiger partial charge in [0, 0.05) is 11.6 Å². The number of carbonyl (C=O) groups excluding carboxylic acids is 2. The maximum atomic E-state index is 13.0. The Kier molecular flexibility index (Phi) is 7.25. The molecule has 3 rings (SSSR count). The third-order valence-electron chi connectivity index (χ3n) is 4.98. The van der Waals surface area contributed by atoms with Crippen molar-refractivity contribution in [2.75, 3.05) is 27.4 Å². The van der Waals surface area contributed by atoms with Crippen LogP contribution in [0.5, 0.6) is 23.0 Å². The maximum absolute atomic E-state index is 13.0. The van der Waals surface area contributed by atoms with Crippen molar-refractivity contribution in [3.63, 3.8) is 0 Å². The molecule has 0 aliphatic carbocycles. The lowest BCUT2D eigenvalue weighted by Gasteiger charge is -2.19. The fourth-order valence-corrected chi connectivity index (χ4v) is 3.58. The molecule has 1 N–H and O–H groups in total. The minimum atomic E-state index is -0.788. The van der Waals surface area contributed by atoms with E-state index in [9.17, 15) is 14.7 Å². The number of hydrogen-bond acceptors (Lipinski definition) is 8. The van der Waals surface area contributed by atoms with Gasteiger partial charge >= 0.3 is 11.9 Å². The first-order valence-electron chi connectivity index (χ1n) is 10.2. The Morgan fingerprint density at radius 2 is 1.75 bits per heavy atom. The molecule has 0 amide bonds. The van der Waals surface area contributed by atoms with Crippen molar-refractivity contribution < 1.29 is 38.4 Å². The van der Waals surface area contributed by atoms with Crippen LogP contribution >= 0.6 is 0 Å². The number of aromatic hydroxyl groups is 1. The van der Waals surface area contributed by atoms with Gasteiger partial charge in [-0.05, 0) is 55.3 Å². The number of phenolic OH excluding ortho intramolecular Hbond substituents is 1. The van der Waals surface area contributed by atoms with Crippen molar-refractivity contribution in [3.05, 3.63) is 53.1 Å². The standard InChI is InChI=1S/C24H26O8/c1-5-30-20(26)10-7-14-11-16-21(24(27)31-6-2)22(32-23(16)19(12-14)29-4)15-8-9-17(25)18(13-15)28-3/h7-13,21-22,25H,5-6H2,1-4H3/b10-7+. The van der Waals surface area contributed by atoms with Gasteiger partial charge in [-0.2, -0.15) is 0 Å². The topological polar surface area (TPSA) is 101 Å². The Labute approximate surface area is 186 Å². The summed E-state index contributed by atoms with van der Waals surface area (Å²) in [5.41, 5.74) is 1.83. The first-order valence-corrected chi connectivity index (χ1v) is 10.2. The molecule has 0 fully saturated rings. The molecule has 2 aromatic rings. The van der Waals surface area contributed by atoms with Gasteiger partial charge in [-0.25, -0.2) is 4.79 Å². The molecule has 1 aliphatic heterocycles. The highest BCUT2D eigenvalue weighted by Crippen LogP contribution is 2.52. The van der Waals surface area contributed by atoms with Gasteiger partial charge in [-0.15, -0.1) is 0 Å². The lowest BCUT2D eigenvalue weighted by atomic mass is 9.90. The van der Waals surface area contributed by atoms with Crippen LogP contribution in [0.3, 0.4) is 0 Å². The number of fused-ring (bicyclic) bond motifs is 1. The monoisotopic (exact) mass is 442 g/mol. The van der Waals surface area contributed by atoms with Crippen LogP contribution in [0.25, 0.3) is 6.08 Å². The molecule has 1 heterocycles. The summed E-state index contributed by atoms with van der Waals surface area (Å²) in [4.78, 5) is 24.7. The lowest BCUT2D eigenvalue weighted by molar-refractivity contribution is -0.146. The molecular formula is C24H26O8. The predicted octanol–water partition coefficient (Wildman–Crippen LogP) is 3.77. The minimum absolute atomic E-state index is 0.0246. The highest BCUT2D eigenvalue weighted by molar-refractivity contribution is 5.88. The number of ether oxygens (including phenoxy) is 5. The molecule has 8 heteroatoms. The maximum Gasteiger partial charge on any atom is 0.330 e. The van der Waals surface area contributed by atoms with E-state index in [2.05, 4.69) is 0 Å². The Balaban J connectivity index is 2.08. The third-order valence-corrected chi connectivity index (χ3v) is 4.98. The molecular weight excluding hydrogens is 416 g/mol. The molecule has 1 aliphatic rings. The second-order valence-corrected chi connectivity index (χ2v) is 6.93. The summed E-state index contributed by atoms with van der Waals surface area (Å²) in [6.07, 6.45) is 2.17. The fraction of sp³-hybridized carbons (Fsp3) is 0.333. The molecule has 2 atom stereocenters. The average Bonchev–Trinajstić information content (AvgIpc) is 3.17. The van der Waals surface area contributed by atoms with Crippen LogP contribution in [0.2, 0.25) is 0 Å². The SMILES string of the molecule is CCOC(=O)/C=C/c1cc(OC)c2c(c1)C(C(=O)OCC)C(c1ccc(O)c(OC)c1)O2. The zero-order valence-corrected chi connectivity index (χ0v) is 18.4. The number of phenols is 1. The molecule has 0 bridgehead atoms. The first-order chi connectivity index (χ1) is 15.4. The van der Waals surface area contributed by atoms with Gasteiger partial charge < -0.3 is 28.8 Å². The molecule has 0 saturated carbocycles. The van der Waals surface area contributed by atoms with Gasteiger partial charge in [0.2, 0.25) is 0 Å². The van der Waals surface area contributed by atoms with E-state index in [1.165, 1.54) is 26.4 Å². The second-order valence-electron chi connectivity index (χ2n) is 6.93. The van der Waals surface area contributed by atoms with Crippen LogP contribution in [0, 0.1) is 0 Å². The van der Waals surface area contributed by atoms with Crippen LogP contribution < -0.4 is 14.2 Å². The van der Waals surface area contributed by atoms with Gasteiger partial charge in [-0.1, -0.05) is 6.07 Å². The van der Waals surface area contributed by atoms with E-state index >= 15 is 0 Å². The highest BCUT2D eigenvalue weighted by Gasteiger charge is 2.43. The number of carbonyl (C=O) groups is 2. The summed E-state index contributed by atoms with van der Waals surface area (Å²) >= 11 is 0. The number of rotatable bonds is 8. The van der Waals surface area contributed by atoms with Gasteiger partial charge in [0.05, 0.1) is 27.4 Å². The van der Waals surface area contributed by atoms with Gasteiger partial charge in [0.25, 0.3) is 0 Å². The lowest BCUT2D eigenvalue weighted by Crippen LogP contribution is -2.21. The van der Waals surface area contributed by atoms with Crippen molar-refractivity contribution >= 4 is 18.0 Å². The van der Waals surface area contributed by atoms with Crippen LogP contribution in [-0.2, 0) is 19.1 Å². The van der Waals surface area contributed by atoms with Gasteiger partial charge in [0.15, 0.2) is 23.0 Å². The van der Waals surface area contributed by atoms with Crippen molar-refractivity contribution in [2.24, 2.45) is 0 Å². The smallest absolute Gasteiger partial charge is 0.330 e. The normalized spacial score (nSPS) is 16.9. The van der Waals surface area contributed by atoms with E-state index in [1.54, 1.807) is 44.2 Å². The predicted molar refractivity (Wildman–Crippen MR) is 116 cm³/mol. The molecule has 0 saturated heterocycles. The minimum Gasteiger partial charge on any atom is -0.504 e. The highest BCUT2D eigenvalue weighted by atomic mass is 16.5. The van der Waals surface area contributed by atoms with E-state index in [0.717, 1.165) is 0 Å². The Bertz CT molecular complexity index is 1030. The molecule has 2 aromatic carbocycles. The molecule has 170 valence electrons. The molecule has 0 aromatic heterocycles. The van der Waals surface area contributed by atoms with Crippen molar-refractivity contribution in [1.29, 1.82) is 0 Å². The Morgan fingerprint density at radius 1 is 1.03 bits per heavy atom. The third kappa shape index (κ3) is 4.64. The quantitative estimate of drug-likeness (QED) is 0.487. The van der Waals surface area contributed by atoms with E-state index in [1.807, 2.05) is 0 Å². The summed E-state index contributed by atoms with van der Waals surface area (Å²) in [5, 5.41) is 9.95. The summed E-state index contributed by atoms with van der Waals surface area (Å²) in [6, 6.07) is 8.22. The van der Waals surface area contributed by atoms with E-state index in [0.29, 0.717) is 28.2 Å². The van der Waals surface area contributed by atoms with E-state index in [-0.39, 0.29) is 24.7 Å².